The highest BCUT2D eigenvalue weighted by Crippen LogP contribution is 2.38. The van der Waals surface area contributed by atoms with Crippen LogP contribution in [0.25, 0.3) is 0 Å². The molecule has 2 saturated carbocycles. The van der Waals surface area contributed by atoms with E-state index in [4.69, 9.17) is 0 Å². The van der Waals surface area contributed by atoms with Crippen molar-refractivity contribution in [1.29, 1.82) is 0 Å². The van der Waals surface area contributed by atoms with Crippen molar-refractivity contribution in [2.75, 3.05) is 0 Å². The molecule has 0 saturated heterocycles. The van der Waals surface area contributed by atoms with Crippen LogP contribution in [-0.2, 0) is 0 Å². The van der Waals surface area contributed by atoms with Gasteiger partial charge in [0.25, 0.3) is 0 Å². The molecule has 0 unspecified atom stereocenters. The minimum atomic E-state index is -0.487. The Morgan fingerprint density at radius 1 is 0.964 bits per heavy atom. The summed E-state index contributed by atoms with van der Waals surface area (Å²) in [6, 6.07) is 3.08. The summed E-state index contributed by atoms with van der Waals surface area (Å²) < 4.78 is 29.3. The second kappa shape index (κ2) is 10.2. The maximum Gasteiger partial charge on any atom is 0.142 e. The van der Waals surface area contributed by atoms with Crippen molar-refractivity contribution in [2.24, 2.45) is 17.8 Å². The van der Waals surface area contributed by atoms with E-state index in [9.17, 15) is 8.78 Å². The van der Waals surface area contributed by atoms with Crippen LogP contribution >= 0.6 is 0 Å². The van der Waals surface area contributed by atoms with E-state index >= 15 is 0 Å². The zero-order valence-electron chi connectivity index (χ0n) is 17.3. The summed E-state index contributed by atoms with van der Waals surface area (Å²) in [4.78, 5) is 0. The molecule has 0 aliphatic heterocycles. The summed E-state index contributed by atoms with van der Waals surface area (Å²) in [7, 11) is 0. The highest BCUT2D eigenvalue weighted by Gasteiger charge is 2.24. The van der Waals surface area contributed by atoms with Crippen LogP contribution in [0.3, 0.4) is 0 Å². The lowest BCUT2D eigenvalue weighted by molar-refractivity contribution is 0.309. The van der Waals surface area contributed by atoms with E-state index in [2.05, 4.69) is 25.3 Å². The van der Waals surface area contributed by atoms with Crippen molar-refractivity contribution in [2.45, 2.75) is 83.5 Å². The molecule has 0 N–H and O–H groups in total. The number of benzene rings is 1. The summed E-state index contributed by atoms with van der Waals surface area (Å²) >= 11 is 0. The maximum absolute atomic E-state index is 14.6. The van der Waals surface area contributed by atoms with E-state index in [1.807, 2.05) is 6.08 Å². The molecule has 2 aliphatic rings. The van der Waals surface area contributed by atoms with Crippen molar-refractivity contribution in [1.82, 2.24) is 0 Å². The Bertz CT molecular complexity index is 685. The number of hydrogen-bond donors (Lipinski definition) is 0. The lowest BCUT2D eigenvalue weighted by atomic mass is 9.77. The molecule has 3 rings (SSSR count). The van der Waals surface area contributed by atoms with E-state index < -0.39 is 11.6 Å². The van der Waals surface area contributed by atoms with Gasteiger partial charge in [-0.3, -0.25) is 0 Å². The molecule has 0 heterocycles. The lowest BCUT2D eigenvalue weighted by Gasteiger charge is -2.28. The Morgan fingerprint density at radius 2 is 1.57 bits per heavy atom. The predicted molar refractivity (Wildman–Crippen MR) is 113 cm³/mol. The summed E-state index contributed by atoms with van der Waals surface area (Å²) in [6.45, 7) is 6.03. The van der Waals surface area contributed by atoms with Crippen LogP contribution in [0, 0.1) is 41.2 Å². The monoisotopic (exact) mass is 384 g/mol. The van der Waals surface area contributed by atoms with Gasteiger partial charge in [-0.1, -0.05) is 31.3 Å². The molecule has 0 atom stereocenters. The van der Waals surface area contributed by atoms with Crippen molar-refractivity contribution in [3.63, 3.8) is 0 Å². The van der Waals surface area contributed by atoms with Crippen LogP contribution < -0.4 is 0 Å². The average Bonchev–Trinajstić information content (AvgIpc) is 2.72. The molecule has 0 amide bonds. The van der Waals surface area contributed by atoms with Gasteiger partial charge >= 0.3 is 0 Å². The molecule has 0 nitrogen and oxygen atoms in total. The van der Waals surface area contributed by atoms with Crippen LogP contribution in [0.4, 0.5) is 8.78 Å². The van der Waals surface area contributed by atoms with Gasteiger partial charge in [0, 0.05) is 5.92 Å². The third-order valence-electron chi connectivity index (χ3n) is 6.99. The molecular formula is C26H34F2. The third-order valence-corrected chi connectivity index (χ3v) is 6.99. The molecule has 1 aromatic carbocycles. The van der Waals surface area contributed by atoms with Gasteiger partial charge in [0.05, 0.1) is 5.56 Å². The van der Waals surface area contributed by atoms with Gasteiger partial charge in [-0.2, -0.15) is 0 Å². The first-order chi connectivity index (χ1) is 13.6. The van der Waals surface area contributed by atoms with Crippen LogP contribution in [0.2, 0.25) is 0 Å². The molecule has 0 spiro atoms. The van der Waals surface area contributed by atoms with Crippen molar-refractivity contribution < 1.29 is 8.78 Å². The highest BCUT2D eigenvalue weighted by atomic mass is 19.1. The fraction of sp³-hybridized carbons (Fsp3) is 0.615. The second-order valence-electron chi connectivity index (χ2n) is 8.84. The number of hydrogen-bond acceptors (Lipinski definition) is 0. The van der Waals surface area contributed by atoms with Gasteiger partial charge in [-0.25, -0.2) is 8.78 Å². The Balaban J connectivity index is 1.62. The summed E-state index contributed by atoms with van der Waals surface area (Å²) in [5.74, 6) is 7.10. The molecule has 2 aliphatic carbocycles. The first-order valence-corrected chi connectivity index (χ1v) is 11.2. The molecule has 152 valence electrons. The van der Waals surface area contributed by atoms with Gasteiger partial charge in [-0.05, 0) is 99.7 Å². The van der Waals surface area contributed by atoms with Gasteiger partial charge in [-0.15, -0.1) is 6.58 Å². The fourth-order valence-corrected chi connectivity index (χ4v) is 4.98. The zero-order chi connectivity index (χ0) is 19.9. The first-order valence-electron chi connectivity index (χ1n) is 11.2. The topological polar surface area (TPSA) is 0 Å². The highest BCUT2D eigenvalue weighted by molar-refractivity contribution is 5.40. The molecule has 28 heavy (non-hydrogen) atoms. The van der Waals surface area contributed by atoms with Crippen molar-refractivity contribution in [3.8, 4) is 11.8 Å². The second-order valence-corrected chi connectivity index (χ2v) is 8.84. The quantitative estimate of drug-likeness (QED) is 0.359. The summed E-state index contributed by atoms with van der Waals surface area (Å²) in [5.41, 5.74) is 0.771. The minimum Gasteiger partial charge on any atom is -0.206 e. The molecule has 2 fully saturated rings. The Kier molecular flexibility index (Phi) is 7.72. The Hall–Kier alpha value is -1.62. The van der Waals surface area contributed by atoms with E-state index in [1.165, 1.54) is 37.8 Å². The number of halogens is 2. The predicted octanol–water partition coefficient (Wildman–Crippen LogP) is 7.77. The van der Waals surface area contributed by atoms with Gasteiger partial charge in [0.2, 0.25) is 0 Å². The van der Waals surface area contributed by atoms with E-state index in [-0.39, 0.29) is 17.4 Å². The largest absolute Gasteiger partial charge is 0.206 e. The fourth-order valence-electron chi connectivity index (χ4n) is 4.98. The third kappa shape index (κ3) is 5.47. The number of allylic oxidation sites excluding steroid dienone is 1. The van der Waals surface area contributed by atoms with E-state index in [0.29, 0.717) is 0 Å². The van der Waals surface area contributed by atoms with E-state index in [1.54, 1.807) is 0 Å². The van der Waals surface area contributed by atoms with Crippen molar-refractivity contribution >= 4 is 0 Å². The molecular weight excluding hydrogens is 350 g/mol. The van der Waals surface area contributed by atoms with Gasteiger partial charge in [0.15, 0.2) is 0 Å². The normalized spacial score (nSPS) is 27.7. The van der Waals surface area contributed by atoms with E-state index in [0.717, 1.165) is 62.3 Å². The zero-order valence-corrected chi connectivity index (χ0v) is 17.3. The van der Waals surface area contributed by atoms with Crippen LogP contribution in [-0.4, -0.2) is 0 Å². The maximum atomic E-state index is 14.6. The van der Waals surface area contributed by atoms with Gasteiger partial charge < -0.3 is 0 Å². The lowest BCUT2D eigenvalue weighted by Crippen LogP contribution is -2.14. The molecule has 0 aromatic heterocycles. The number of rotatable bonds is 5. The molecule has 0 bridgehead atoms. The first kappa shape index (κ1) is 21.1. The summed E-state index contributed by atoms with van der Waals surface area (Å²) in [5, 5.41) is 0. The SMILES string of the molecule is C=CCC[C@H]1CC[C@H](c2cc(F)c(C#C[C@H]3CC[C@H](CC)CC3)c(F)c2)CC1. The Labute approximate surface area is 169 Å². The molecule has 1 aromatic rings. The summed E-state index contributed by atoms with van der Waals surface area (Å²) in [6.07, 6.45) is 14.3. The van der Waals surface area contributed by atoms with Crippen LogP contribution in [0.15, 0.2) is 24.8 Å². The Morgan fingerprint density at radius 3 is 2.14 bits per heavy atom. The van der Waals surface area contributed by atoms with Gasteiger partial charge in [0.1, 0.15) is 11.6 Å². The van der Waals surface area contributed by atoms with Crippen LogP contribution in [0.1, 0.15) is 94.6 Å². The average molecular weight is 385 g/mol. The molecule has 2 heteroatoms. The van der Waals surface area contributed by atoms with Crippen LogP contribution in [0.5, 0.6) is 0 Å². The molecule has 0 radical (unpaired) electrons. The van der Waals surface area contributed by atoms with Crippen molar-refractivity contribution in [3.05, 3.63) is 47.5 Å². The minimum absolute atomic E-state index is 0.0407. The standard InChI is InChI=1S/C26H34F2/c1-3-5-6-20-11-14-22(15-12-20)23-17-25(27)24(26(28)18-23)16-13-21-9-7-19(4-2)8-10-21/h3,17-22H,1,4-12,14-15H2,2H3/t19-,20-,21-,22-. The smallest absolute Gasteiger partial charge is 0.142 e.